The van der Waals surface area contributed by atoms with Crippen LogP contribution in [-0.4, -0.2) is 14.5 Å². The van der Waals surface area contributed by atoms with Gasteiger partial charge in [0.15, 0.2) is 5.82 Å². The summed E-state index contributed by atoms with van der Waals surface area (Å²) >= 11 is 0. The summed E-state index contributed by atoms with van der Waals surface area (Å²) in [7, 11) is 0. The van der Waals surface area contributed by atoms with E-state index in [-0.39, 0.29) is 18.5 Å². The maximum atomic E-state index is 13.4. The molecule has 3 heterocycles. The van der Waals surface area contributed by atoms with Crippen molar-refractivity contribution in [3.63, 3.8) is 0 Å². The summed E-state index contributed by atoms with van der Waals surface area (Å²) in [6.45, 7) is 2.76. The quantitative estimate of drug-likeness (QED) is 0.315. The second kappa shape index (κ2) is 8.98. The standard InChI is InChI=1S/C28H23FN4O3/c1-17-25-24(15-34-17)33(27-26(25)31-16-32-28(27)30)20-8-10-21(11-9-20)36-23-7-3-6-22(13-23)35-14-18-4-2-5-19(29)12-18/h2-13,16-17H,14-15H2,1H3,(H2,30,31,32). The summed E-state index contributed by atoms with van der Waals surface area (Å²) in [6.07, 6.45) is 1.43. The van der Waals surface area contributed by atoms with Crippen molar-refractivity contribution in [3.8, 4) is 22.9 Å². The van der Waals surface area contributed by atoms with Crippen molar-refractivity contribution in [1.29, 1.82) is 0 Å². The number of benzene rings is 3. The van der Waals surface area contributed by atoms with Gasteiger partial charge in [-0.3, -0.25) is 0 Å². The predicted molar refractivity (Wildman–Crippen MR) is 134 cm³/mol. The molecule has 3 aromatic carbocycles. The summed E-state index contributed by atoms with van der Waals surface area (Å²) in [5.74, 6) is 2.07. The maximum Gasteiger partial charge on any atom is 0.151 e. The lowest BCUT2D eigenvalue weighted by Gasteiger charge is -2.12. The van der Waals surface area contributed by atoms with Crippen LogP contribution in [0.4, 0.5) is 10.2 Å². The fraction of sp³-hybridized carbons (Fsp3) is 0.143. The Bertz CT molecular complexity index is 1570. The minimum atomic E-state index is -0.285. The Morgan fingerprint density at radius 1 is 1.00 bits per heavy atom. The molecule has 1 atom stereocenters. The number of anilines is 1. The Labute approximate surface area is 206 Å². The predicted octanol–water partition coefficient (Wildman–Crippen LogP) is 6.10. The van der Waals surface area contributed by atoms with E-state index in [9.17, 15) is 4.39 Å². The number of hydrogen-bond donors (Lipinski definition) is 1. The Morgan fingerprint density at radius 3 is 2.64 bits per heavy atom. The van der Waals surface area contributed by atoms with Crippen LogP contribution in [0.25, 0.3) is 16.7 Å². The highest BCUT2D eigenvalue weighted by molar-refractivity contribution is 5.91. The normalized spacial score (nSPS) is 14.7. The molecule has 0 radical (unpaired) electrons. The highest BCUT2D eigenvalue weighted by Gasteiger charge is 2.30. The van der Waals surface area contributed by atoms with E-state index in [1.807, 2.05) is 55.5 Å². The number of nitrogens with zero attached hydrogens (tertiary/aromatic N) is 3. The van der Waals surface area contributed by atoms with Gasteiger partial charge in [0.25, 0.3) is 0 Å². The smallest absolute Gasteiger partial charge is 0.151 e. The number of ether oxygens (including phenoxy) is 3. The van der Waals surface area contributed by atoms with Crippen molar-refractivity contribution < 1.29 is 18.6 Å². The first-order valence-corrected chi connectivity index (χ1v) is 11.6. The summed E-state index contributed by atoms with van der Waals surface area (Å²) in [6, 6.07) is 21.4. The minimum Gasteiger partial charge on any atom is -0.489 e. The van der Waals surface area contributed by atoms with Crippen molar-refractivity contribution in [2.24, 2.45) is 0 Å². The second-order valence-corrected chi connectivity index (χ2v) is 8.59. The molecule has 2 N–H and O–H groups in total. The van der Waals surface area contributed by atoms with E-state index in [1.165, 1.54) is 18.5 Å². The van der Waals surface area contributed by atoms with Gasteiger partial charge in [-0.2, -0.15) is 0 Å². The number of halogens is 1. The molecule has 1 unspecified atom stereocenters. The van der Waals surface area contributed by atoms with Crippen LogP contribution in [0.2, 0.25) is 0 Å². The van der Waals surface area contributed by atoms with Crippen LogP contribution in [0.1, 0.15) is 29.8 Å². The number of aromatic nitrogens is 3. The first-order chi connectivity index (χ1) is 17.6. The van der Waals surface area contributed by atoms with Crippen molar-refractivity contribution in [2.75, 3.05) is 5.73 Å². The van der Waals surface area contributed by atoms with E-state index in [4.69, 9.17) is 19.9 Å². The van der Waals surface area contributed by atoms with Crippen LogP contribution in [0.5, 0.6) is 17.2 Å². The molecule has 6 rings (SSSR count). The molecular weight excluding hydrogens is 459 g/mol. The average Bonchev–Trinajstić information content (AvgIpc) is 3.42. The third-order valence-corrected chi connectivity index (χ3v) is 6.22. The summed E-state index contributed by atoms with van der Waals surface area (Å²) in [5, 5.41) is 0. The number of nitrogen functional groups attached to an aromatic ring is 1. The molecule has 0 fully saturated rings. The van der Waals surface area contributed by atoms with Gasteiger partial charge >= 0.3 is 0 Å². The molecule has 8 heteroatoms. The van der Waals surface area contributed by atoms with Gasteiger partial charge in [-0.25, -0.2) is 14.4 Å². The van der Waals surface area contributed by atoms with Crippen LogP contribution < -0.4 is 15.2 Å². The summed E-state index contributed by atoms with van der Waals surface area (Å²) in [4.78, 5) is 8.69. The zero-order valence-electron chi connectivity index (χ0n) is 19.5. The molecule has 5 aromatic rings. The van der Waals surface area contributed by atoms with Gasteiger partial charge in [-0.1, -0.05) is 18.2 Å². The lowest BCUT2D eigenvalue weighted by molar-refractivity contribution is 0.0783. The zero-order valence-corrected chi connectivity index (χ0v) is 19.5. The molecule has 0 saturated carbocycles. The number of hydrogen-bond acceptors (Lipinski definition) is 6. The van der Waals surface area contributed by atoms with Crippen molar-refractivity contribution in [1.82, 2.24) is 14.5 Å². The molecule has 1 aliphatic heterocycles. The van der Waals surface area contributed by atoms with Crippen molar-refractivity contribution in [2.45, 2.75) is 26.2 Å². The molecule has 0 bridgehead atoms. The molecule has 7 nitrogen and oxygen atoms in total. The number of fused-ring (bicyclic) bond motifs is 3. The average molecular weight is 483 g/mol. The van der Waals surface area contributed by atoms with Crippen molar-refractivity contribution >= 4 is 16.9 Å². The molecule has 180 valence electrons. The first kappa shape index (κ1) is 22.1. The van der Waals surface area contributed by atoms with Crippen LogP contribution >= 0.6 is 0 Å². The third kappa shape index (κ3) is 4.01. The molecule has 36 heavy (non-hydrogen) atoms. The Balaban J connectivity index is 1.23. The number of nitrogens with two attached hydrogens (primary N) is 1. The van der Waals surface area contributed by atoms with E-state index < -0.39 is 0 Å². The van der Waals surface area contributed by atoms with Crippen LogP contribution in [0, 0.1) is 5.82 Å². The highest BCUT2D eigenvalue weighted by Crippen LogP contribution is 2.41. The molecule has 0 spiro atoms. The molecule has 0 amide bonds. The number of rotatable bonds is 6. The van der Waals surface area contributed by atoms with Crippen LogP contribution in [0.3, 0.4) is 0 Å². The van der Waals surface area contributed by atoms with Gasteiger partial charge in [0, 0.05) is 17.3 Å². The van der Waals surface area contributed by atoms with Gasteiger partial charge in [0.1, 0.15) is 47.0 Å². The fourth-order valence-electron chi connectivity index (χ4n) is 4.56. The SMILES string of the molecule is CC1OCc2c1c1ncnc(N)c1n2-c1ccc(Oc2cccc(OCc3cccc(F)c3)c2)cc1. The zero-order chi connectivity index (χ0) is 24.6. The molecule has 2 aromatic heterocycles. The van der Waals surface area contributed by atoms with Crippen molar-refractivity contribution in [3.05, 3.63) is 102 Å². The molecule has 0 saturated heterocycles. The summed E-state index contributed by atoms with van der Waals surface area (Å²) in [5.41, 5.74) is 11.6. The van der Waals surface area contributed by atoms with Gasteiger partial charge in [0.2, 0.25) is 0 Å². The topological polar surface area (TPSA) is 84.4 Å². The summed E-state index contributed by atoms with van der Waals surface area (Å²) < 4.78 is 33.2. The Kier molecular flexibility index (Phi) is 5.50. The largest absolute Gasteiger partial charge is 0.489 e. The minimum absolute atomic E-state index is 0.0592. The van der Waals surface area contributed by atoms with Crippen LogP contribution in [-0.2, 0) is 18.0 Å². The fourth-order valence-corrected chi connectivity index (χ4v) is 4.56. The van der Waals surface area contributed by atoms with Gasteiger partial charge in [0.05, 0.1) is 18.4 Å². The lowest BCUT2D eigenvalue weighted by Crippen LogP contribution is -2.03. The van der Waals surface area contributed by atoms with Crippen LogP contribution in [0.15, 0.2) is 79.1 Å². The molecule has 1 aliphatic rings. The van der Waals surface area contributed by atoms with E-state index in [0.29, 0.717) is 29.7 Å². The maximum absolute atomic E-state index is 13.4. The van der Waals surface area contributed by atoms with E-state index >= 15 is 0 Å². The monoisotopic (exact) mass is 482 g/mol. The van der Waals surface area contributed by atoms with E-state index in [0.717, 1.165) is 33.5 Å². The second-order valence-electron chi connectivity index (χ2n) is 8.59. The molecule has 0 aliphatic carbocycles. The lowest BCUT2D eigenvalue weighted by atomic mass is 10.1. The Morgan fingerprint density at radius 2 is 1.81 bits per heavy atom. The van der Waals surface area contributed by atoms with E-state index in [2.05, 4.69) is 14.5 Å². The van der Waals surface area contributed by atoms with Gasteiger partial charge in [-0.05, 0) is 61.0 Å². The molecular formula is C28H23FN4O3. The van der Waals surface area contributed by atoms with Gasteiger partial charge in [-0.15, -0.1) is 0 Å². The first-order valence-electron chi connectivity index (χ1n) is 11.6. The highest BCUT2D eigenvalue weighted by atomic mass is 19.1. The van der Waals surface area contributed by atoms with Gasteiger partial charge < -0.3 is 24.5 Å². The Hall–Kier alpha value is -4.43. The van der Waals surface area contributed by atoms with E-state index in [1.54, 1.807) is 12.1 Å². The third-order valence-electron chi connectivity index (χ3n) is 6.22.